The van der Waals surface area contributed by atoms with Crippen LogP contribution in [0.2, 0.25) is 0 Å². The smallest absolute Gasteiger partial charge is 0.255 e. The van der Waals surface area contributed by atoms with Crippen LogP contribution >= 0.6 is 0 Å². The fraction of sp³-hybridized carbons (Fsp3) is 0.842. The lowest BCUT2D eigenvalue weighted by Gasteiger charge is -2.40. The molecule has 1 aromatic heterocycles. The molecule has 146 valence electrons. The molecule has 0 bridgehead atoms. The fourth-order valence-electron chi connectivity index (χ4n) is 4.39. The number of likely N-dealkylation sites (tertiary alicyclic amines) is 1. The minimum atomic E-state index is -1.31. The third kappa shape index (κ3) is 4.82. The zero-order valence-corrected chi connectivity index (χ0v) is 16.1. The van der Waals surface area contributed by atoms with Gasteiger partial charge in [-0.15, -0.1) is 0 Å². The number of rotatable bonds is 7. The van der Waals surface area contributed by atoms with Gasteiger partial charge in [0.15, 0.2) is 11.4 Å². The average Bonchev–Trinajstić information content (AvgIpc) is 3.02. The van der Waals surface area contributed by atoms with Gasteiger partial charge in [0.1, 0.15) is 0 Å². The largest absolute Gasteiger partial charge is 0.379 e. The molecule has 1 aliphatic heterocycles. The van der Waals surface area contributed by atoms with Gasteiger partial charge in [-0.1, -0.05) is 37.3 Å². The molecule has 1 aromatic rings. The molecule has 1 N–H and O–H groups in total. The zero-order valence-electron chi connectivity index (χ0n) is 16.1. The van der Waals surface area contributed by atoms with Crippen LogP contribution in [0.15, 0.2) is 4.52 Å². The van der Waals surface area contributed by atoms with Crippen LogP contribution < -0.4 is 0 Å². The zero-order chi connectivity index (χ0) is 18.6. The van der Waals surface area contributed by atoms with Gasteiger partial charge in [-0.25, -0.2) is 0 Å². The highest BCUT2D eigenvalue weighted by Gasteiger charge is 2.42. The molecule has 2 fully saturated rings. The second kappa shape index (κ2) is 8.48. The summed E-state index contributed by atoms with van der Waals surface area (Å²) >= 11 is 0. The first-order valence-electron chi connectivity index (χ1n) is 9.96. The average molecular weight is 364 g/mol. The maximum atomic E-state index is 12.9. The Labute approximate surface area is 155 Å². The van der Waals surface area contributed by atoms with Crippen molar-refractivity contribution in [2.45, 2.75) is 70.4 Å². The molecule has 1 saturated heterocycles. The lowest BCUT2D eigenvalue weighted by molar-refractivity contribution is -0.159. The highest BCUT2D eigenvalue weighted by molar-refractivity contribution is 5.86. The van der Waals surface area contributed by atoms with E-state index in [1.807, 2.05) is 16.8 Å². The van der Waals surface area contributed by atoms with Crippen molar-refractivity contribution in [3.63, 3.8) is 0 Å². The van der Waals surface area contributed by atoms with Crippen LogP contribution in [0.3, 0.4) is 0 Å². The molecule has 2 aliphatic rings. The molecule has 0 spiro atoms. The molecule has 1 unspecified atom stereocenters. The van der Waals surface area contributed by atoms with Crippen molar-refractivity contribution < 1.29 is 14.4 Å². The van der Waals surface area contributed by atoms with Gasteiger partial charge in [-0.2, -0.15) is 4.98 Å². The van der Waals surface area contributed by atoms with E-state index in [1.165, 1.54) is 32.1 Å². The van der Waals surface area contributed by atoms with Crippen molar-refractivity contribution >= 4 is 5.91 Å². The van der Waals surface area contributed by atoms with E-state index in [4.69, 9.17) is 4.52 Å². The quantitative estimate of drug-likeness (QED) is 0.798. The number of carbonyl (C=O) groups excluding carboxylic acids is 1. The van der Waals surface area contributed by atoms with Crippen LogP contribution in [0.1, 0.15) is 63.1 Å². The molecule has 1 amide bonds. The topological polar surface area (TPSA) is 82.7 Å². The first-order chi connectivity index (χ1) is 12.5. The number of aliphatic hydroxyl groups is 1. The third-order valence-electron chi connectivity index (χ3n) is 5.75. The molecule has 3 rings (SSSR count). The normalized spacial score (nSPS) is 25.2. The molecular formula is C19H32N4O3. The highest BCUT2D eigenvalue weighted by atomic mass is 16.5. The monoisotopic (exact) mass is 364 g/mol. The molecular weight excluding hydrogens is 332 g/mol. The van der Waals surface area contributed by atoms with E-state index in [-0.39, 0.29) is 5.91 Å². The second-order valence-corrected chi connectivity index (χ2v) is 8.12. The van der Waals surface area contributed by atoms with Crippen LogP contribution in [0.5, 0.6) is 0 Å². The molecule has 7 nitrogen and oxygen atoms in total. The van der Waals surface area contributed by atoms with Crippen LogP contribution in [0.25, 0.3) is 0 Å². The van der Waals surface area contributed by atoms with Crippen molar-refractivity contribution in [3.8, 4) is 0 Å². The van der Waals surface area contributed by atoms with E-state index in [2.05, 4.69) is 10.1 Å². The van der Waals surface area contributed by atoms with Gasteiger partial charge in [0.25, 0.3) is 5.91 Å². The van der Waals surface area contributed by atoms with E-state index in [0.29, 0.717) is 31.2 Å². The summed E-state index contributed by atoms with van der Waals surface area (Å²) in [6, 6.07) is 0. The van der Waals surface area contributed by atoms with Gasteiger partial charge in [0.2, 0.25) is 5.89 Å². The Kier molecular flexibility index (Phi) is 6.29. The molecule has 0 radical (unpaired) electrons. The number of carbonyl (C=O) groups is 1. The van der Waals surface area contributed by atoms with E-state index in [1.54, 1.807) is 6.92 Å². The summed E-state index contributed by atoms with van der Waals surface area (Å²) in [6.45, 7) is 4.04. The maximum absolute atomic E-state index is 12.9. The Bertz CT molecular complexity index is 599. The summed E-state index contributed by atoms with van der Waals surface area (Å²) in [4.78, 5) is 20.9. The molecule has 2 heterocycles. The van der Waals surface area contributed by atoms with Crippen LogP contribution in [0.4, 0.5) is 0 Å². The van der Waals surface area contributed by atoms with Gasteiger partial charge in [-0.05, 0) is 32.2 Å². The molecule has 1 saturated carbocycles. The highest BCUT2D eigenvalue weighted by Crippen LogP contribution is 2.29. The Morgan fingerprint density at radius 3 is 2.77 bits per heavy atom. The summed E-state index contributed by atoms with van der Waals surface area (Å²) < 4.78 is 4.98. The van der Waals surface area contributed by atoms with Crippen molar-refractivity contribution in [1.29, 1.82) is 0 Å². The first-order valence-corrected chi connectivity index (χ1v) is 9.96. The van der Waals surface area contributed by atoms with Crippen molar-refractivity contribution in [2.24, 2.45) is 5.92 Å². The molecule has 1 aliphatic carbocycles. The van der Waals surface area contributed by atoms with Crippen molar-refractivity contribution in [1.82, 2.24) is 19.9 Å². The number of hydrogen-bond donors (Lipinski definition) is 1. The Morgan fingerprint density at radius 2 is 2.08 bits per heavy atom. The Morgan fingerprint density at radius 1 is 1.31 bits per heavy atom. The van der Waals surface area contributed by atoms with Crippen LogP contribution in [-0.2, 0) is 11.3 Å². The van der Waals surface area contributed by atoms with Crippen molar-refractivity contribution in [2.75, 3.05) is 26.7 Å². The van der Waals surface area contributed by atoms with Gasteiger partial charge < -0.3 is 14.5 Å². The van der Waals surface area contributed by atoms with Crippen LogP contribution in [-0.4, -0.2) is 63.2 Å². The van der Waals surface area contributed by atoms with Gasteiger partial charge in [0, 0.05) is 26.6 Å². The van der Waals surface area contributed by atoms with Crippen LogP contribution in [0, 0.1) is 12.8 Å². The summed E-state index contributed by atoms with van der Waals surface area (Å²) in [5.41, 5.74) is -1.31. The lowest BCUT2D eigenvalue weighted by atomic mass is 9.86. The van der Waals surface area contributed by atoms with E-state index >= 15 is 0 Å². The number of hydrogen-bond acceptors (Lipinski definition) is 6. The van der Waals surface area contributed by atoms with Gasteiger partial charge >= 0.3 is 0 Å². The predicted octanol–water partition coefficient (Wildman–Crippen LogP) is 2.13. The fourth-order valence-corrected chi connectivity index (χ4v) is 4.39. The predicted molar refractivity (Wildman–Crippen MR) is 97.3 cm³/mol. The third-order valence-corrected chi connectivity index (χ3v) is 5.75. The first kappa shape index (κ1) is 19.3. The van der Waals surface area contributed by atoms with E-state index in [0.717, 1.165) is 31.8 Å². The number of piperidine rings is 1. The number of aryl methyl sites for hydroxylation is 1. The van der Waals surface area contributed by atoms with Gasteiger partial charge in [-0.3, -0.25) is 9.69 Å². The van der Waals surface area contributed by atoms with Gasteiger partial charge in [0.05, 0.1) is 6.54 Å². The van der Waals surface area contributed by atoms with E-state index < -0.39 is 5.60 Å². The minimum Gasteiger partial charge on any atom is -0.379 e. The molecule has 0 aromatic carbocycles. The molecule has 7 heteroatoms. The van der Waals surface area contributed by atoms with Crippen molar-refractivity contribution in [3.05, 3.63) is 11.7 Å². The summed E-state index contributed by atoms with van der Waals surface area (Å²) in [7, 11) is 1.87. The standard InChI is InChI=1S/C19H32N4O3/c1-15-20-17(21-26-15)13-22(2)14-19(25)10-6-11-23(18(19)24)12-9-16-7-4-3-5-8-16/h16,25H,3-14H2,1-2H3. The maximum Gasteiger partial charge on any atom is 0.255 e. The minimum absolute atomic E-state index is 0.115. The number of amides is 1. The Balaban J connectivity index is 1.52. The lowest BCUT2D eigenvalue weighted by Crippen LogP contribution is -2.58. The molecule has 1 atom stereocenters. The summed E-state index contributed by atoms with van der Waals surface area (Å²) in [6.07, 6.45) is 9.01. The number of likely N-dealkylation sites (N-methyl/N-ethyl adjacent to an activating group) is 1. The number of aromatic nitrogens is 2. The van der Waals surface area contributed by atoms with E-state index in [9.17, 15) is 9.90 Å². The number of nitrogens with zero attached hydrogens (tertiary/aromatic N) is 4. The SMILES string of the molecule is Cc1nc(CN(C)CC2(O)CCCN(CCC3CCCCC3)C2=O)no1. The summed E-state index contributed by atoms with van der Waals surface area (Å²) in [5.74, 6) is 1.73. The summed E-state index contributed by atoms with van der Waals surface area (Å²) in [5, 5.41) is 14.9. The second-order valence-electron chi connectivity index (χ2n) is 8.12. The molecule has 26 heavy (non-hydrogen) atoms. The Hall–Kier alpha value is -1.47.